The molecule has 9 heteroatoms. The highest BCUT2D eigenvalue weighted by molar-refractivity contribution is 6.05. The molecule has 5 rings (SSSR count). The summed E-state index contributed by atoms with van der Waals surface area (Å²) < 4.78 is 6.49. The van der Waals surface area contributed by atoms with Crippen molar-refractivity contribution in [2.24, 2.45) is 5.92 Å². The first-order valence-electron chi connectivity index (χ1n) is 12.8. The van der Waals surface area contributed by atoms with Crippen LogP contribution in [0.2, 0.25) is 0 Å². The molecule has 38 heavy (non-hydrogen) atoms. The SMILES string of the molecule is Cc1ccc2c(NC(=O)C(C)C)cccc2c1Oc1ncccc1-c1ccnc(N[C@H]2CCCNC2)n1.Cl. The van der Waals surface area contributed by atoms with E-state index in [1.807, 2.05) is 69.3 Å². The number of aryl methyl sites for hydroxylation is 1. The van der Waals surface area contributed by atoms with E-state index in [2.05, 4.69) is 25.9 Å². The summed E-state index contributed by atoms with van der Waals surface area (Å²) in [5.41, 5.74) is 3.22. The molecule has 1 saturated heterocycles. The number of carbonyl (C=O) groups is 1. The van der Waals surface area contributed by atoms with Gasteiger partial charge in [0.1, 0.15) is 5.75 Å². The van der Waals surface area contributed by atoms with Gasteiger partial charge >= 0.3 is 0 Å². The monoisotopic (exact) mass is 532 g/mol. The van der Waals surface area contributed by atoms with E-state index in [1.165, 1.54) is 0 Å². The molecule has 0 unspecified atom stereocenters. The lowest BCUT2D eigenvalue weighted by Gasteiger charge is -2.23. The normalized spacial score (nSPS) is 15.1. The summed E-state index contributed by atoms with van der Waals surface area (Å²) in [7, 11) is 0. The minimum Gasteiger partial charge on any atom is -0.437 e. The van der Waals surface area contributed by atoms with Crippen LogP contribution in [0.25, 0.3) is 22.0 Å². The Kier molecular flexibility index (Phi) is 8.76. The van der Waals surface area contributed by atoms with Crippen molar-refractivity contribution in [2.75, 3.05) is 23.7 Å². The van der Waals surface area contributed by atoms with Crippen molar-refractivity contribution < 1.29 is 9.53 Å². The third-order valence-electron chi connectivity index (χ3n) is 6.52. The average molecular weight is 533 g/mol. The second-order valence-corrected chi connectivity index (χ2v) is 9.67. The molecule has 1 amide bonds. The van der Waals surface area contributed by atoms with E-state index in [4.69, 9.17) is 9.72 Å². The quantitative estimate of drug-likeness (QED) is 0.269. The van der Waals surface area contributed by atoms with Crippen molar-refractivity contribution in [2.45, 2.75) is 39.7 Å². The molecule has 8 nitrogen and oxygen atoms in total. The number of aromatic nitrogens is 3. The van der Waals surface area contributed by atoms with Gasteiger partial charge in [0, 0.05) is 47.4 Å². The van der Waals surface area contributed by atoms with Gasteiger partial charge in [-0.05, 0) is 56.1 Å². The first-order valence-corrected chi connectivity index (χ1v) is 12.8. The molecular weight excluding hydrogens is 500 g/mol. The van der Waals surface area contributed by atoms with Crippen molar-refractivity contribution in [3.05, 3.63) is 66.5 Å². The number of ether oxygens (including phenoxy) is 1. The third kappa shape index (κ3) is 6.03. The number of nitrogens with one attached hydrogen (secondary N) is 3. The Morgan fingerprint density at radius 1 is 1.05 bits per heavy atom. The lowest BCUT2D eigenvalue weighted by atomic mass is 10.0. The summed E-state index contributed by atoms with van der Waals surface area (Å²) in [4.78, 5) is 26.1. The number of piperidine rings is 1. The molecule has 0 aliphatic carbocycles. The van der Waals surface area contributed by atoms with Gasteiger partial charge in [-0.25, -0.2) is 15.0 Å². The number of fused-ring (bicyclic) bond motifs is 1. The van der Waals surface area contributed by atoms with Gasteiger partial charge in [-0.3, -0.25) is 4.79 Å². The fourth-order valence-electron chi connectivity index (χ4n) is 4.46. The number of benzene rings is 2. The van der Waals surface area contributed by atoms with Crippen molar-refractivity contribution in [1.29, 1.82) is 0 Å². The van der Waals surface area contributed by atoms with Crippen LogP contribution in [0.5, 0.6) is 11.6 Å². The highest BCUT2D eigenvalue weighted by Crippen LogP contribution is 2.38. The molecule has 3 N–H and O–H groups in total. The van der Waals surface area contributed by atoms with Crippen LogP contribution in [0, 0.1) is 12.8 Å². The zero-order valence-corrected chi connectivity index (χ0v) is 22.6. The Balaban J connectivity index is 0.00000336. The molecule has 4 aromatic rings. The van der Waals surface area contributed by atoms with E-state index in [9.17, 15) is 4.79 Å². The van der Waals surface area contributed by atoms with Crippen molar-refractivity contribution in [3.8, 4) is 22.9 Å². The molecule has 0 bridgehead atoms. The molecule has 1 aliphatic rings. The van der Waals surface area contributed by atoms with Crippen LogP contribution in [0.15, 0.2) is 60.9 Å². The Hall–Kier alpha value is -3.75. The van der Waals surface area contributed by atoms with Gasteiger partial charge in [0.15, 0.2) is 0 Å². The number of amides is 1. The molecule has 2 aromatic heterocycles. The molecule has 2 aromatic carbocycles. The van der Waals surface area contributed by atoms with Crippen LogP contribution in [0.3, 0.4) is 0 Å². The minimum absolute atomic E-state index is 0. The standard InChI is InChI=1S/C29H32N6O2.ClH/c1-18(2)27(36)34-24-10-4-8-22-21(24)12-11-19(3)26(22)37-28-23(9-6-15-31-28)25-13-16-32-29(35-25)33-20-7-5-14-30-17-20;/h4,6,8-13,15-16,18,20,30H,5,7,14,17H2,1-3H3,(H,34,36)(H,32,33,35);1H/t20-;/m0./s1. The van der Waals surface area contributed by atoms with Crippen LogP contribution in [0.1, 0.15) is 32.3 Å². The van der Waals surface area contributed by atoms with Crippen LogP contribution in [-0.2, 0) is 4.79 Å². The summed E-state index contributed by atoms with van der Waals surface area (Å²) in [5.74, 6) is 1.60. The number of rotatable bonds is 7. The Bertz CT molecular complexity index is 1420. The van der Waals surface area contributed by atoms with E-state index >= 15 is 0 Å². The van der Waals surface area contributed by atoms with Crippen LogP contribution in [-0.4, -0.2) is 40.0 Å². The van der Waals surface area contributed by atoms with E-state index in [0.29, 0.717) is 23.6 Å². The smallest absolute Gasteiger partial charge is 0.228 e. The largest absolute Gasteiger partial charge is 0.437 e. The zero-order chi connectivity index (χ0) is 25.8. The van der Waals surface area contributed by atoms with E-state index in [1.54, 1.807) is 12.4 Å². The number of hydrogen-bond acceptors (Lipinski definition) is 7. The highest BCUT2D eigenvalue weighted by Gasteiger charge is 2.18. The van der Waals surface area contributed by atoms with Gasteiger partial charge in [-0.1, -0.05) is 38.1 Å². The lowest BCUT2D eigenvalue weighted by Crippen LogP contribution is -2.38. The predicted molar refractivity (Wildman–Crippen MR) is 154 cm³/mol. The summed E-state index contributed by atoms with van der Waals surface area (Å²) in [6.45, 7) is 7.70. The minimum atomic E-state index is -0.117. The van der Waals surface area contributed by atoms with E-state index in [-0.39, 0.29) is 24.2 Å². The molecule has 1 fully saturated rings. The van der Waals surface area contributed by atoms with Gasteiger partial charge in [-0.2, -0.15) is 0 Å². The number of halogens is 1. The number of nitrogens with zero attached hydrogens (tertiary/aromatic N) is 3. The van der Waals surface area contributed by atoms with Gasteiger partial charge < -0.3 is 20.7 Å². The number of carbonyl (C=O) groups excluding carboxylic acids is 1. The molecule has 3 heterocycles. The van der Waals surface area contributed by atoms with Crippen molar-refractivity contribution >= 4 is 40.7 Å². The predicted octanol–water partition coefficient (Wildman–Crippen LogP) is 5.97. The van der Waals surface area contributed by atoms with Crippen LogP contribution in [0.4, 0.5) is 11.6 Å². The van der Waals surface area contributed by atoms with Crippen molar-refractivity contribution in [1.82, 2.24) is 20.3 Å². The Morgan fingerprint density at radius 2 is 1.92 bits per heavy atom. The number of pyridine rings is 1. The third-order valence-corrected chi connectivity index (χ3v) is 6.52. The maximum absolute atomic E-state index is 12.4. The molecule has 198 valence electrons. The summed E-state index contributed by atoms with van der Waals surface area (Å²) in [6.07, 6.45) is 5.68. The first kappa shape index (κ1) is 27.3. The van der Waals surface area contributed by atoms with Gasteiger partial charge in [0.05, 0.1) is 11.3 Å². The maximum Gasteiger partial charge on any atom is 0.228 e. The Morgan fingerprint density at radius 3 is 2.71 bits per heavy atom. The maximum atomic E-state index is 12.4. The van der Waals surface area contributed by atoms with Crippen molar-refractivity contribution in [3.63, 3.8) is 0 Å². The fourth-order valence-corrected chi connectivity index (χ4v) is 4.46. The van der Waals surface area contributed by atoms with Gasteiger partial charge in [0.25, 0.3) is 0 Å². The number of anilines is 2. The summed E-state index contributed by atoms with van der Waals surface area (Å²) in [6, 6.07) is 15.8. The summed E-state index contributed by atoms with van der Waals surface area (Å²) in [5, 5.41) is 11.7. The highest BCUT2D eigenvalue weighted by atomic mass is 35.5. The molecule has 0 radical (unpaired) electrons. The average Bonchev–Trinajstić information content (AvgIpc) is 2.91. The first-order chi connectivity index (χ1) is 18.0. The summed E-state index contributed by atoms with van der Waals surface area (Å²) >= 11 is 0. The molecule has 1 aliphatic heterocycles. The van der Waals surface area contributed by atoms with Gasteiger partial charge in [0.2, 0.25) is 17.7 Å². The van der Waals surface area contributed by atoms with Crippen LogP contribution >= 0.6 is 12.4 Å². The second kappa shape index (κ2) is 12.2. The van der Waals surface area contributed by atoms with Crippen LogP contribution < -0.4 is 20.7 Å². The molecule has 0 spiro atoms. The Labute approximate surface area is 229 Å². The topological polar surface area (TPSA) is 101 Å². The molecular formula is C29H33ClN6O2. The van der Waals surface area contributed by atoms with Gasteiger partial charge in [-0.15, -0.1) is 12.4 Å². The van der Waals surface area contributed by atoms with E-state index < -0.39 is 0 Å². The lowest BCUT2D eigenvalue weighted by molar-refractivity contribution is -0.118. The second-order valence-electron chi connectivity index (χ2n) is 9.67. The van der Waals surface area contributed by atoms with E-state index in [0.717, 1.165) is 59.2 Å². The zero-order valence-electron chi connectivity index (χ0n) is 21.8. The fraction of sp³-hybridized carbons (Fsp3) is 0.310. The molecule has 1 atom stereocenters. The number of hydrogen-bond donors (Lipinski definition) is 3. The molecule has 0 saturated carbocycles.